The van der Waals surface area contributed by atoms with Crippen LogP contribution in [0.1, 0.15) is 41.3 Å². The first kappa shape index (κ1) is 18.9. The van der Waals surface area contributed by atoms with Crippen molar-refractivity contribution in [3.8, 4) is 0 Å². The number of hydrogen-bond donors (Lipinski definition) is 1. The van der Waals surface area contributed by atoms with E-state index in [0.29, 0.717) is 24.4 Å². The molecule has 0 saturated heterocycles. The van der Waals surface area contributed by atoms with Crippen molar-refractivity contribution < 1.29 is 14.3 Å². The number of aromatic nitrogens is 2. The number of anilines is 1. The van der Waals surface area contributed by atoms with Gasteiger partial charge in [0.05, 0.1) is 30.3 Å². The first-order valence-corrected chi connectivity index (χ1v) is 9.76. The molecule has 1 N–H and O–H groups in total. The van der Waals surface area contributed by atoms with Gasteiger partial charge in [0.1, 0.15) is 0 Å². The number of nitrogens with zero attached hydrogens (tertiary/aromatic N) is 2. The van der Waals surface area contributed by atoms with Gasteiger partial charge < -0.3 is 10.1 Å². The van der Waals surface area contributed by atoms with Gasteiger partial charge in [-0.25, -0.2) is 0 Å². The highest BCUT2D eigenvalue weighted by Gasteiger charge is 2.52. The van der Waals surface area contributed by atoms with Crippen LogP contribution >= 0.6 is 0 Å². The van der Waals surface area contributed by atoms with E-state index in [-0.39, 0.29) is 11.9 Å². The van der Waals surface area contributed by atoms with Gasteiger partial charge in [0.15, 0.2) is 0 Å². The van der Waals surface area contributed by atoms with Crippen molar-refractivity contribution in [1.29, 1.82) is 0 Å². The number of ether oxygens (including phenoxy) is 1. The predicted octanol–water partition coefficient (Wildman–Crippen LogP) is 3.78. The van der Waals surface area contributed by atoms with Crippen LogP contribution in [-0.2, 0) is 21.5 Å². The van der Waals surface area contributed by atoms with Gasteiger partial charge in [-0.15, -0.1) is 0 Å². The monoisotopic (exact) mass is 389 g/mol. The predicted molar refractivity (Wildman–Crippen MR) is 110 cm³/mol. The van der Waals surface area contributed by atoms with Crippen LogP contribution in [-0.4, -0.2) is 28.3 Å². The highest BCUT2D eigenvalue weighted by Crippen LogP contribution is 2.49. The van der Waals surface area contributed by atoms with Gasteiger partial charge in [-0.3, -0.25) is 14.3 Å². The first-order valence-electron chi connectivity index (χ1n) is 9.76. The molecule has 0 bridgehead atoms. The van der Waals surface area contributed by atoms with Crippen LogP contribution in [0.3, 0.4) is 0 Å². The second-order valence-corrected chi connectivity index (χ2v) is 7.25. The molecule has 1 heterocycles. The topological polar surface area (TPSA) is 73.2 Å². The molecular formula is C23H23N3O3. The summed E-state index contributed by atoms with van der Waals surface area (Å²) in [7, 11) is 0. The van der Waals surface area contributed by atoms with Crippen LogP contribution in [0.5, 0.6) is 0 Å². The van der Waals surface area contributed by atoms with Gasteiger partial charge in [-0.1, -0.05) is 42.5 Å². The molecule has 4 rings (SSSR count). The van der Waals surface area contributed by atoms with Crippen molar-refractivity contribution in [3.63, 3.8) is 0 Å². The maximum absolute atomic E-state index is 12.5. The summed E-state index contributed by atoms with van der Waals surface area (Å²) in [6, 6.07) is 17.4. The average molecular weight is 389 g/mol. The van der Waals surface area contributed by atoms with Crippen molar-refractivity contribution in [1.82, 2.24) is 9.78 Å². The van der Waals surface area contributed by atoms with Crippen molar-refractivity contribution in [3.05, 3.63) is 83.7 Å². The largest absolute Gasteiger partial charge is 0.465 e. The Morgan fingerprint density at radius 1 is 1.10 bits per heavy atom. The minimum absolute atomic E-state index is 0.164. The standard InChI is InChI=1S/C23H23N3O3/c1-2-29-22(28)23(12-13-23)19-8-10-20(11-9-19)25-21(27)18-14-24-26(16-18)15-17-6-4-3-5-7-17/h3-11,14,16H,2,12-13,15H2,1H3,(H,25,27). The summed E-state index contributed by atoms with van der Waals surface area (Å²) in [5, 5.41) is 7.15. The minimum atomic E-state index is -0.503. The fourth-order valence-electron chi connectivity index (χ4n) is 3.42. The number of nitrogens with one attached hydrogen (secondary N) is 1. The molecule has 0 atom stereocenters. The maximum atomic E-state index is 12.5. The molecule has 0 radical (unpaired) electrons. The lowest BCUT2D eigenvalue weighted by Crippen LogP contribution is -2.23. The molecule has 6 nitrogen and oxygen atoms in total. The number of rotatable bonds is 7. The number of hydrogen-bond acceptors (Lipinski definition) is 4. The Hall–Kier alpha value is -3.41. The van der Waals surface area contributed by atoms with Crippen molar-refractivity contribution in [2.24, 2.45) is 0 Å². The van der Waals surface area contributed by atoms with Crippen molar-refractivity contribution >= 4 is 17.6 Å². The molecule has 2 aromatic carbocycles. The van der Waals surface area contributed by atoms with Crippen LogP contribution in [0, 0.1) is 0 Å². The summed E-state index contributed by atoms with van der Waals surface area (Å²) in [5.74, 6) is -0.383. The van der Waals surface area contributed by atoms with Gasteiger partial charge in [0.2, 0.25) is 0 Å². The SMILES string of the molecule is CCOC(=O)C1(c2ccc(NC(=O)c3cnn(Cc4ccccc4)c3)cc2)CC1. The van der Waals surface area contributed by atoms with Crippen molar-refractivity contribution in [2.75, 3.05) is 11.9 Å². The third-order valence-electron chi connectivity index (χ3n) is 5.19. The molecule has 0 aliphatic heterocycles. The van der Waals surface area contributed by atoms with Crippen LogP contribution in [0.4, 0.5) is 5.69 Å². The van der Waals surface area contributed by atoms with Crippen LogP contribution < -0.4 is 5.32 Å². The summed E-state index contributed by atoms with van der Waals surface area (Å²) >= 11 is 0. The summed E-state index contributed by atoms with van der Waals surface area (Å²) in [6.07, 6.45) is 4.90. The van der Waals surface area contributed by atoms with Crippen molar-refractivity contribution in [2.45, 2.75) is 31.7 Å². The Morgan fingerprint density at radius 2 is 1.83 bits per heavy atom. The Balaban J connectivity index is 1.40. The molecule has 1 amide bonds. The molecule has 29 heavy (non-hydrogen) atoms. The zero-order valence-electron chi connectivity index (χ0n) is 16.3. The number of benzene rings is 2. The highest BCUT2D eigenvalue weighted by atomic mass is 16.5. The van der Waals surface area contributed by atoms with Gasteiger partial charge in [0, 0.05) is 11.9 Å². The van der Waals surface area contributed by atoms with E-state index in [1.54, 1.807) is 17.1 Å². The molecule has 0 unspecified atom stereocenters. The molecule has 1 aliphatic rings. The summed E-state index contributed by atoms with van der Waals surface area (Å²) in [6.45, 7) is 2.81. The third kappa shape index (κ3) is 4.06. The Morgan fingerprint density at radius 3 is 2.48 bits per heavy atom. The van der Waals surface area contributed by atoms with E-state index in [4.69, 9.17) is 4.74 Å². The molecule has 0 spiro atoms. The molecule has 3 aromatic rings. The minimum Gasteiger partial charge on any atom is -0.465 e. The molecule has 1 aliphatic carbocycles. The van der Waals surface area contributed by atoms with E-state index >= 15 is 0 Å². The second kappa shape index (κ2) is 7.91. The molecule has 1 fully saturated rings. The number of carbonyl (C=O) groups is 2. The molecule has 1 saturated carbocycles. The zero-order chi connectivity index (χ0) is 20.3. The Bertz CT molecular complexity index is 1010. The van der Waals surface area contributed by atoms with E-state index < -0.39 is 5.41 Å². The van der Waals surface area contributed by atoms with Crippen LogP contribution in [0.25, 0.3) is 0 Å². The molecular weight excluding hydrogens is 366 g/mol. The smallest absolute Gasteiger partial charge is 0.316 e. The quantitative estimate of drug-likeness (QED) is 0.624. The van der Waals surface area contributed by atoms with E-state index in [9.17, 15) is 9.59 Å². The zero-order valence-corrected chi connectivity index (χ0v) is 16.3. The van der Waals surface area contributed by atoms with E-state index in [1.165, 1.54) is 0 Å². The summed E-state index contributed by atoms with van der Waals surface area (Å²) in [5.41, 5.74) is 2.72. The summed E-state index contributed by atoms with van der Waals surface area (Å²) < 4.78 is 6.94. The normalized spacial score (nSPS) is 14.2. The number of carbonyl (C=O) groups excluding carboxylic acids is 2. The van der Waals surface area contributed by atoms with E-state index in [2.05, 4.69) is 10.4 Å². The van der Waals surface area contributed by atoms with Crippen LogP contribution in [0.15, 0.2) is 67.0 Å². The van der Waals surface area contributed by atoms with Gasteiger partial charge in [-0.2, -0.15) is 5.10 Å². The maximum Gasteiger partial charge on any atom is 0.316 e. The van der Waals surface area contributed by atoms with E-state index in [0.717, 1.165) is 24.0 Å². The lowest BCUT2D eigenvalue weighted by molar-refractivity contribution is -0.146. The molecule has 6 heteroatoms. The highest BCUT2D eigenvalue weighted by molar-refractivity contribution is 6.04. The number of esters is 1. The van der Waals surface area contributed by atoms with Gasteiger partial charge in [0.25, 0.3) is 5.91 Å². The molecule has 148 valence electrons. The van der Waals surface area contributed by atoms with Crippen LogP contribution in [0.2, 0.25) is 0 Å². The average Bonchev–Trinajstić information content (AvgIpc) is 3.42. The lowest BCUT2D eigenvalue weighted by Gasteiger charge is -2.14. The first-order chi connectivity index (χ1) is 14.1. The fourth-order valence-corrected chi connectivity index (χ4v) is 3.42. The number of amides is 1. The third-order valence-corrected chi connectivity index (χ3v) is 5.19. The molecule has 1 aromatic heterocycles. The Labute approximate surface area is 169 Å². The van der Waals surface area contributed by atoms with Gasteiger partial charge >= 0.3 is 5.97 Å². The second-order valence-electron chi connectivity index (χ2n) is 7.25. The fraction of sp³-hybridized carbons (Fsp3) is 0.261. The van der Waals surface area contributed by atoms with E-state index in [1.807, 2.05) is 61.5 Å². The van der Waals surface area contributed by atoms with Gasteiger partial charge in [-0.05, 0) is 43.0 Å². The summed E-state index contributed by atoms with van der Waals surface area (Å²) in [4.78, 5) is 24.7. The lowest BCUT2D eigenvalue weighted by atomic mass is 9.96. The Kier molecular flexibility index (Phi) is 5.16.